The molecule has 0 aromatic heterocycles. The van der Waals surface area contributed by atoms with Gasteiger partial charge in [0.15, 0.2) is 0 Å². The molecule has 0 atom stereocenters. The molecule has 0 aliphatic rings. The van der Waals surface area contributed by atoms with Crippen molar-refractivity contribution in [3.63, 3.8) is 0 Å². The molecule has 0 bridgehead atoms. The Labute approximate surface area is 147 Å². The van der Waals surface area contributed by atoms with Gasteiger partial charge in [0.05, 0.1) is 0 Å². The van der Waals surface area contributed by atoms with Crippen LogP contribution in [0.4, 0.5) is 0 Å². The molecule has 0 unspecified atom stereocenters. The van der Waals surface area contributed by atoms with Gasteiger partial charge in [0.25, 0.3) is 0 Å². The van der Waals surface area contributed by atoms with Gasteiger partial charge in [0.2, 0.25) is 0 Å². The number of aromatic hydroxyl groups is 2. The van der Waals surface area contributed by atoms with Gasteiger partial charge in [-0.15, -0.1) is 0 Å². The first kappa shape index (κ1) is 16.4. The van der Waals surface area contributed by atoms with Crippen LogP contribution in [0.15, 0.2) is 60.7 Å². The Morgan fingerprint density at radius 3 is 1.75 bits per heavy atom. The molecule has 0 saturated heterocycles. The Morgan fingerprint density at radius 2 is 1.29 bits per heavy atom. The topological polar surface area (TPSA) is 40.5 Å². The summed E-state index contributed by atoms with van der Waals surface area (Å²) in [4.78, 5) is 0. The van der Waals surface area contributed by atoms with E-state index in [4.69, 9.17) is 11.6 Å². The van der Waals surface area contributed by atoms with Crippen LogP contribution in [-0.4, -0.2) is 10.2 Å². The van der Waals surface area contributed by atoms with Crippen molar-refractivity contribution in [1.29, 1.82) is 0 Å². The average molecular weight is 339 g/mol. The summed E-state index contributed by atoms with van der Waals surface area (Å²) in [5.41, 5.74) is 5.29. The maximum Gasteiger partial charge on any atom is 0.115 e. The van der Waals surface area contributed by atoms with E-state index in [0.717, 1.165) is 27.8 Å². The lowest BCUT2D eigenvalue weighted by Gasteiger charge is -2.23. The van der Waals surface area contributed by atoms with Crippen LogP contribution < -0.4 is 0 Å². The third kappa shape index (κ3) is 3.24. The van der Waals surface area contributed by atoms with Crippen LogP contribution in [0, 0.1) is 13.8 Å². The minimum absolute atomic E-state index is 0.0232. The number of rotatable bonds is 3. The normalized spacial score (nSPS) is 11.0. The molecular weight excluding hydrogens is 320 g/mol. The molecule has 0 amide bonds. The zero-order valence-electron chi connectivity index (χ0n) is 13.6. The molecule has 0 heterocycles. The first-order valence-corrected chi connectivity index (χ1v) is 8.18. The van der Waals surface area contributed by atoms with Crippen molar-refractivity contribution < 1.29 is 10.2 Å². The van der Waals surface area contributed by atoms with E-state index >= 15 is 0 Å². The quantitative estimate of drug-likeness (QED) is 0.615. The summed E-state index contributed by atoms with van der Waals surface area (Å²) in [5, 5.41) is 20.2. The maximum absolute atomic E-state index is 9.74. The lowest BCUT2D eigenvalue weighted by Crippen LogP contribution is -2.07. The molecule has 122 valence electrons. The minimum Gasteiger partial charge on any atom is -0.508 e. The van der Waals surface area contributed by atoms with Gasteiger partial charge in [-0.2, -0.15) is 0 Å². The largest absolute Gasteiger partial charge is 0.508 e. The molecule has 3 aromatic rings. The van der Waals surface area contributed by atoms with Crippen LogP contribution in [0.5, 0.6) is 11.5 Å². The highest BCUT2D eigenvalue weighted by Gasteiger charge is 2.21. The molecule has 0 saturated carbocycles. The fourth-order valence-corrected chi connectivity index (χ4v) is 3.38. The number of halogens is 1. The van der Waals surface area contributed by atoms with Gasteiger partial charge < -0.3 is 10.2 Å². The summed E-state index contributed by atoms with van der Waals surface area (Å²) in [6.45, 7) is 3.98. The van der Waals surface area contributed by atoms with Gasteiger partial charge in [0, 0.05) is 10.9 Å². The standard InChI is InChI=1S/C21H19ClO2/c1-13-10-17(23)6-8-19(13)21(15-4-3-5-16(22)12-15)20-9-7-18(24)11-14(20)2/h3-12,21,23-24H,1-2H3. The van der Waals surface area contributed by atoms with Gasteiger partial charge in [-0.1, -0.05) is 35.9 Å². The predicted molar refractivity (Wildman–Crippen MR) is 98.1 cm³/mol. The lowest BCUT2D eigenvalue weighted by atomic mass is 9.81. The lowest BCUT2D eigenvalue weighted by molar-refractivity contribution is 0.474. The summed E-state index contributed by atoms with van der Waals surface area (Å²) in [5.74, 6) is 0.483. The van der Waals surface area contributed by atoms with E-state index in [9.17, 15) is 10.2 Å². The maximum atomic E-state index is 9.74. The zero-order valence-corrected chi connectivity index (χ0v) is 14.4. The molecule has 0 aliphatic carbocycles. The number of phenols is 2. The molecule has 0 spiro atoms. The summed E-state index contributed by atoms with van der Waals surface area (Å²) < 4.78 is 0. The van der Waals surface area contributed by atoms with Gasteiger partial charge in [0.1, 0.15) is 11.5 Å². The fraction of sp³-hybridized carbons (Fsp3) is 0.143. The Hall–Kier alpha value is -2.45. The van der Waals surface area contributed by atoms with Crippen LogP contribution in [0.2, 0.25) is 5.02 Å². The van der Waals surface area contributed by atoms with E-state index in [1.165, 1.54) is 0 Å². The van der Waals surface area contributed by atoms with E-state index in [2.05, 4.69) is 6.07 Å². The molecule has 3 aromatic carbocycles. The van der Waals surface area contributed by atoms with Crippen molar-refractivity contribution in [2.24, 2.45) is 0 Å². The first-order valence-electron chi connectivity index (χ1n) is 7.80. The van der Waals surface area contributed by atoms with Crippen molar-refractivity contribution in [1.82, 2.24) is 0 Å². The smallest absolute Gasteiger partial charge is 0.115 e. The van der Waals surface area contributed by atoms with E-state index in [-0.39, 0.29) is 17.4 Å². The van der Waals surface area contributed by atoms with E-state index in [1.807, 2.05) is 44.2 Å². The molecule has 2 nitrogen and oxygen atoms in total. The molecule has 0 fully saturated rings. The molecule has 2 N–H and O–H groups in total. The SMILES string of the molecule is Cc1cc(O)ccc1C(c1cccc(Cl)c1)c1ccc(O)cc1C. The number of benzene rings is 3. The van der Waals surface area contributed by atoms with Gasteiger partial charge in [-0.25, -0.2) is 0 Å². The fourth-order valence-electron chi connectivity index (χ4n) is 3.18. The Bertz CT molecular complexity index is 835. The highest BCUT2D eigenvalue weighted by atomic mass is 35.5. The van der Waals surface area contributed by atoms with E-state index in [0.29, 0.717) is 5.02 Å². The Kier molecular flexibility index (Phi) is 4.50. The molecule has 0 radical (unpaired) electrons. The minimum atomic E-state index is -0.0232. The van der Waals surface area contributed by atoms with Gasteiger partial charge in [-0.05, 0) is 78.1 Å². The second-order valence-corrected chi connectivity index (χ2v) is 6.51. The molecule has 3 heteroatoms. The molecule has 24 heavy (non-hydrogen) atoms. The highest BCUT2D eigenvalue weighted by molar-refractivity contribution is 6.30. The third-order valence-electron chi connectivity index (χ3n) is 4.31. The number of phenolic OH excluding ortho intramolecular Hbond substituents is 2. The van der Waals surface area contributed by atoms with Crippen LogP contribution in [-0.2, 0) is 0 Å². The number of aryl methyl sites for hydroxylation is 2. The third-order valence-corrected chi connectivity index (χ3v) is 4.55. The van der Waals surface area contributed by atoms with Crippen molar-refractivity contribution >= 4 is 11.6 Å². The van der Waals surface area contributed by atoms with Crippen LogP contribution in [0.3, 0.4) is 0 Å². The number of hydrogen-bond acceptors (Lipinski definition) is 2. The molecule has 3 rings (SSSR count). The summed E-state index contributed by atoms with van der Waals surface area (Å²) in [6, 6.07) is 18.6. The highest BCUT2D eigenvalue weighted by Crippen LogP contribution is 2.38. The van der Waals surface area contributed by atoms with Crippen molar-refractivity contribution in [3.8, 4) is 11.5 Å². The first-order chi connectivity index (χ1) is 11.5. The van der Waals surface area contributed by atoms with Crippen molar-refractivity contribution in [3.05, 3.63) is 93.5 Å². The van der Waals surface area contributed by atoms with Crippen molar-refractivity contribution in [2.75, 3.05) is 0 Å². The van der Waals surface area contributed by atoms with Crippen LogP contribution in [0.1, 0.15) is 33.7 Å². The Morgan fingerprint density at radius 1 is 0.750 bits per heavy atom. The van der Waals surface area contributed by atoms with Crippen molar-refractivity contribution in [2.45, 2.75) is 19.8 Å². The van der Waals surface area contributed by atoms with Gasteiger partial charge >= 0.3 is 0 Å². The number of hydrogen-bond donors (Lipinski definition) is 2. The summed E-state index contributed by atoms with van der Waals surface area (Å²) in [7, 11) is 0. The van der Waals surface area contributed by atoms with Gasteiger partial charge in [-0.3, -0.25) is 0 Å². The zero-order chi connectivity index (χ0) is 17.3. The summed E-state index contributed by atoms with van der Waals surface area (Å²) in [6.07, 6.45) is 0. The molecule has 0 aliphatic heterocycles. The van der Waals surface area contributed by atoms with E-state index < -0.39 is 0 Å². The van der Waals surface area contributed by atoms with Crippen LogP contribution >= 0.6 is 11.6 Å². The molecular formula is C21H19ClO2. The summed E-state index contributed by atoms with van der Waals surface area (Å²) >= 11 is 6.21. The van der Waals surface area contributed by atoms with E-state index in [1.54, 1.807) is 24.3 Å². The second kappa shape index (κ2) is 6.58. The average Bonchev–Trinajstić information content (AvgIpc) is 2.51. The predicted octanol–water partition coefficient (Wildman–Crippen LogP) is 5.55. The Balaban J connectivity index is 2.24. The monoisotopic (exact) mass is 338 g/mol. The van der Waals surface area contributed by atoms with Crippen LogP contribution in [0.25, 0.3) is 0 Å². The second-order valence-electron chi connectivity index (χ2n) is 6.07.